The molecule has 3 aromatic rings. The summed E-state index contributed by atoms with van der Waals surface area (Å²) in [7, 11) is 0. The van der Waals surface area contributed by atoms with Crippen molar-refractivity contribution < 1.29 is 19.1 Å². The Morgan fingerprint density at radius 3 is 2.41 bits per heavy atom. The zero-order chi connectivity index (χ0) is 26.0. The summed E-state index contributed by atoms with van der Waals surface area (Å²) in [5.41, 5.74) is 3.12. The highest BCUT2D eigenvalue weighted by molar-refractivity contribution is 6.07. The maximum Gasteiger partial charge on any atom is 0.258 e. The number of carbonyl (C=O) groups excluding carboxylic acids is 3. The van der Waals surface area contributed by atoms with Crippen molar-refractivity contribution in [2.45, 2.75) is 25.9 Å². The second-order valence-corrected chi connectivity index (χ2v) is 8.79. The number of ether oxygens (including phenoxy) is 1. The second-order valence-electron chi connectivity index (χ2n) is 8.79. The van der Waals surface area contributed by atoms with E-state index in [9.17, 15) is 14.4 Å². The lowest BCUT2D eigenvalue weighted by molar-refractivity contribution is -0.114. The number of nitrogens with one attached hydrogen (secondary N) is 3. The van der Waals surface area contributed by atoms with E-state index in [4.69, 9.17) is 4.74 Å². The molecule has 4 rings (SSSR count). The van der Waals surface area contributed by atoms with E-state index in [0.29, 0.717) is 29.9 Å². The van der Waals surface area contributed by atoms with Gasteiger partial charge in [-0.25, -0.2) is 0 Å². The SMILES string of the molecule is CCN(C(=O)c1cccc(NC(=O)CNc2ccc(C(=O)NCC3CCCO3)cc2)c1)c1ccccc1. The quantitative estimate of drug-likeness (QED) is 0.385. The van der Waals surface area contributed by atoms with Crippen LogP contribution in [0.25, 0.3) is 0 Å². The molecule has 0 bridgehead atoms. The van der Waals surface area contributed by atoms with Crippen LogP contribution in [0, 0.1) is 0 Å². The Morgan fingerprint density at radius 1 is 0.919 bits per heavy atom. The average Bonchev–Trinajstić information content (AvgIpc) is 3.46. The summed E-state index contributed by atoms with van der Waals surface area (Å²) in [6, 6.07) is 23.3. The van der Waals surface area contributed by atoms with Crippen LogP contribution in [0.4, 0.5) is 17.1 Å². The van der Waals surface area contributed by atoms with Crippen LogP contribution in [0.1, 0.15) is 40.5 Å². The van der Waals surface area contributed by atoms with Gasteiger partial charge in [-0.15, -0.1) is 0 Å². The minimum absolute atomic E-state index is 0.0356. The summed E-state index contributed by atoms with van der Waals surface area (Å²) in [6.45, 7) is 3.75. The van der Waals surface area contributed by atoms with Crippen molar-refractivity contribution >= 4 is 34.8 Å². The molecule has 1 heterocycles. The Balaban J connectivity index is 1.28. The highest BCUT2D eigenvalue weighted by Gasteiger charge is 2.18. The van der Waals surface area contributed by atoms with Gasteiger partial charge in [0.2, 0.25) is 5.91 Å². The van der Waals surface area contributed by atoms with Crippen LogP contribution in [-0.2, 0) is 9.53 Å². The highest BCUT2D eigenvalue weighted by atomic mass is 16.5. The molecule has 0 saturated carbocycles. The number of amides is 3. The summed E-state index contributed by atoms with van der Waals surface area (Å²) in [5, 5.41) is 8.78. The highest BCUT2D eigenvalue weighted by Crippen LogP contribution is 2.19. The predicted molar refractivity (Wildman–Crippen MR) is 145 cm³/mol. The molecule has 3 N–H and O–H groups in total. The molecule has 1 fully saturated rings. The Labute approximate surface area is 217 Å². The Hall–Kier alpha value is -4.17. The molecule has 1 unspecified atom stereocenters. The summed E-state index contributed by atoms with van der Waals surface area (Å²) in [4.78, 5) is 39.6. The lowest BCUT2D eigenvalue weighted by Crippen LogP contribution is -2.31. The van der Waals surface area contributed by atoms with E-state index in [-0.39, 0.29) is 30.4 Å². The van der Waals surface area contributed by atoms with Crippen molar-refractivity contribution in [3.05, 3.63) is 90.0 Å². The molecule has 0 aromatic heterocycles. The van der Waals surface area contributed by atoms with Crippen molar-refractivity contribution in [3.63, 3.8) is 0 Å². The maximum atomic E-state index is 13.1. The molecule has 0 radical (unpaired) electrons. The van der Waals surface area contributed by atoms with Crippen molar-refractivity contribution in [3.8, 4) is 0 Å². The van der Waals surface area contributed by atoms with Crippen LogP contribution >= 0.6 is 0 Å². The van der Waals surface area contributed by atoms with E-state index in [2.05, 4.69) is 16.0 Å². The van der Waals surface area contributed by atoms with Crippen LogP contribution in [0.2, 0.25) is 0 Å². The zero-order valence-corrected chi connectivity index (χ0v) is 20.9. The molecule has 1 aliphatic rings. The molecular weight excluding hydrogens is 468 g/mol. The number of carbonyl (C=O) groups is 3. The topological polar surface area (TPSA) is 99.8 Å². The fourth-order valence-electron chi connectivity index (χ4n) is 4.18. The molecule has 1 atom stereocenters. The third-order valence-electron chi connectivity index (χ3n) is 6.14. The fourth-order valence-corrected chi connectivity index (χ4v) is 4.18. The Kier molecular flexibility index (Phi) is 8.89. The van der Waals surface area contributed by atoms with E-state index in [1.807, 2.05) is 37.3 Å². The normalized spacial score (nSPS) is 14.6. The summed E-state index contributed by atoms with van der Waals surface area (Å²) in [6.07, 6.45) is 2.09. The fraction of sp³-hybridized carbons (Fsp3) is 0.276. The summed E-state index contributed by atoms with van der Waals surface area (Å²) in [5.74, 6) is -0.538. The first-order valence-electron chi connectivity index (χ1n) is 12.5. The summed E-state index contributed by atoms with van der Waals surface area (Å²) < 4.78 is 5.53. The molecule has 1 aliphatic heterocycles. The van der Waals surface area contributed by atoms with E-state index >= 15 is 0 Å². The van der Waals surface area contributed by atoms with Crippen molar-refractivity contribution in [1.29, 1.82) is 0 Å². The third kappa shape index (κ3) is 7.17. The molecule has 3 aromatic carbocycles. The lowest BCUT2D eigenvalue weighted by atomic mass is 10.1. The predicted octanol–water partition coefficient (Wildman–Crippen LogP) is 4.31. The first-order chi connectivity index (χ1) is 18.0. The average molecular weight is 501 g/mol. The molecule has 37 heavy (non-hydrogen) atoms. The van der Waals surface area contributed by atoms with E-state index < -0.39 is 0 Å². The number of anilines is 3. The monoisotopic (exact) mass is 500 g/mol. The first-order valence-corrected chi connectivity index (χ1v) is 12.5. The number of hydrogen-bond acceptors (Lipinski definition) is 5. The van der Waals surface area contributed by atoms with E-state index in [1.165, 1.54) is 0 Å². The molecule has 1 saturated heterocycles. The smallest absolute Gasteiger partial charge is 0.258 e. The van der Waals surface area contributed by atoms with Gasteiger partial charge in [0.15, 0.2) is 0 Å². The van der Waals surface area contributed by atoms with Crippen LogP contribution in [0.15, 0.2) is 78.9 Å². The van der Waals surface area contributed by atoms with Gasteiger partial charge in [0.1, 0.15) is 0 Å². The van der Waals surface area contributed by atoms with Crippen LogP contribution in [-0.4, -0.2) is 50.1 Å². The van der Waals surface area contributed by atoms with E-state index in [0.717, 1.165) is 30.8 Å². The maximum absolute atomic E-state index is 13.1. The summed E-state index contributed by atoms with van der Waals surface area (Å²) >= 11 is 0. The van der Waals surface area contributed by atoms with Gasteiger partial charge in [-0.05, 0) is 74.4 Å². The van der Waals surface area contributed by atoms with E-state index in [1.54, 1.807) is 53.4 Å². The number of benzene rings is 3. The molecular formula is C29H32N4O4. The minimum atomic E-state index is -0.251. The van der Waals surface area contributed by atoms with Crippen molar-refractivity contribution in [2.24, 2.45) is 0 Å². The molecule has 8 nitrogen and oxygen atoms in total. The van der Waals surface area contributed by atoms with Gasteiger partial charge in [0, 0.05) is 47.9 Å². The van der Waals surface area contributed by atoms with Crippen LogP contribution < -0.4 is 20.9 Å². The van der Waals surface area contributed by atoms with Crippen molar-refractivity contribution in [1.82, 2.24) is 5.32 Å². The van der Waals surface area contributed by atoms with Gasteiger partial charge in [-0.2, -0.15) is 0 Å². The van der Waals surface area contributed by atoms with Gasteiger partial charge < -0.3 is 25.6 Å². The Bertz CT molecular complexity index is 1210. The number of rotatable bonds is 10. The largest absolute Gasteiger partial charge is 0.376 e. The molecule has 3 amide bonds. The van der Waals surface area contributed by atoms with Crippen LogP contribution in [0.5, 0.6) is 0 Å². The number of para-hydroxylation sites is 1. The van der Waals surface area contributed by atoms with Gasteiger partial charge in [0.25, 0.3) is 11.8 Å². The second kappa shape index (κ2) is 12.7. The lowest BCUT2D eigenvalue weighted by Gasteiger charge is -2.21. The third-order valence-corrected chi connectivity index (χ3v) is 6.14. The zero-order valence-electron chi connectivity index (χ0n) is 20.9. The number of hydrogen-bond donors (Lipinski definition) is 3. The standard InChI is InChI=1S/C29H32N4O4/c1-2-33(25-10-4-3-5-11-25)29(36)22-8-6-9-24(18-22)32-27(34)20-30-23-15-13-21(14-16-23)28(35)31-19-26-12-7-17-37-26/h3-6,8-11,13-16,18,26,30H,2,7,12,17,19-20H2,1H3,(H,31,35)(H,32,34). The molecule has 0 aliphatic carbocycles. The number of nitrogens with zero attached hydrogens (tertiary/aromatic N) is 1. The first kappa shape index (κ1) is 25.9. The molecule has 192 valence electrons. The van der Waals surface area contributed by atoms with Gasteiger partial charge in [0.05, 0.1) is 12.6 Å². The minimum Gasteiger partial charge on any atom is -0.376 e. The molecule has 0 spiro atoms. The van der Waals surface area contributed by atoms with Gasteiger partial charge in [-0.3, -0.25) is 14.4 Å². The van der Waals surface area contributed by atoms with Crippen LogP contribution in [0.3, 0.4) is 0 Å². The molecule has 8 heteroatoms. The Morgan fingerprint density at radius 2 is 1.70 bits per heavy atom. The van der Waals surface area contributed by atoms with Gasteiger partial charge >= 0.3 is 0 Å². The van der Waals surface area contributed by atoms with Gasteiger partial charge in [-0.1, -0.05) is 24.3 Å². The van der Waals surface area contributed by atoms with Crippen molar-refractivity contribution in [2.75, 3.05) is 41.8 Å².